The average molecular weight is 514 g/mol. The molecule has 0 atom stereocenters. The van der Waals surface area contributed by atoms with Gasteiger partial charge in [0.1, 0.15) is 23.9 Å². The molecule has 0 fully saturated rings. The van der Waals surface area contributed by atoms with E-state index in [-0.39, 0.29) is 5.69 Å². The van der Waals surface area contributed by atoms with Gasteiger partial charge in [-0.05, 0) is 72.3 Å². The molecule has 2 aromatic heterocycles. The van der Waals surface area contributed by atoms with Crippen molar-refractivity contribution in [2.75, 3.05) is 0 Å². The van der Waals surface area contributed by atoms with Crippen LogP contribution in [0, 0.1) is 0 Å². The summed E-state index contributed by atoms with van der Waals surface area (Å²) >= 11 is 0. The highest BCUT2D eigenvalue weighted by molar-refractivity contribution is 5.87. The molecule has 39 heavy (non-hydrogen) atoms. The van der Waals surface area contributed by atoms with Gasteiger partial charge in [0.2, 0.25) is 0 Å². The van der Waals surface area contributed by atoms with E-state index in [0.717, 1.165) is 28.2 Å². The van der Waals surface area contributed by atoms with Crippen LogP contribution in [0.5, 0.6) is 17.2 Å². The zero-order valence-electron chi connectivity index (χ0n) is 20.8. The molecule has 6 aromatic rings. The van der Waals surface area contributed by atoms with Crippen LogP contribution in [0.4, 0.5) is 0 Å². The van der Waals surface area contributed by atoms with Crippen molar-refractivity contribution in [2.24, 2.45) is 0 Å². The maximum Gasteiger partial charge on any atom is 0.356 e. The lowest BCUT2D eigenvalue weighted by atomic mass is 10.1. The quantitative estimate of drug-likeness (QED) is 0.233. The van der Waals surface area contributed by atoms with Gasteiger partial charge < -0.3 is 14.6 Å². The van der Waals surface area contributed by atoms with Crippen LogP contribution in [-0.2, 0) is 6.61 Å². The number of hydrogen-bond donors (Lipinski definition) is 1. The lowest BCUT2D eigenvalue weighted by Gasteiger charge is -2.11. The molecule has 0 unspecified atom stereocenters. The summed E-state index contributed by atoms with van der Waals surface area (Å²) in [5.41, 5.74) is 4.55. The van der Waals surface area contributed by atoms with E-state index in [1.165, 1.54) is 6.07 Å². The van der Waals surface area contributed by atoms with Crippen LogP contribution in [0.3, 0.4) is 0 Å². The number of rotatable bonds is 8. The van der Waals surface area contributed by atoms with Crippen LogP contribution in [0.15, 0.2) is 121 Å². The van der Waals surface area contributed by atoms with Crippen LogP contribution in [0.25, 0.3) is 28.2 Å². The average Bonchev–Trinajstić information content (AvgIpc) is 3.42. The highest BCUT2D eigenvalue weighted by atomic mass is 16.5. The van der Waals surface area contributed by atoms with Gasteiger partial charge in [-0.3, -0.25) is 0 Å². The SMILES string of the molecule is O=C(O)c1cc2nc(-c3ccc(Oc4ccccc4)cc3)cc(-c3ccc(OCc4ccccc4)cc3)n2n1. The van der Waals surface area contributed by atoms with E-state index in [1.54, 1.807) is 4.52 Å². The fraction of sp³-hybridized carbons (Fsp3) is 0.0312. The van der Waals surface area contributed by atoms with Crippen LogP contribution in [0.1, 0.15) is 16.1 Å². The van der Waals surface area contributed by atoms with Gasteiger partial charge in [0.25, 0.3) is 0 Å². The fourth-order valence-corrected chi connectivity index (χ4v) is 4.21. The minimum atomic E-state index is -1.11. The molecule has 0 saturated heterocycles. The number of carbonyl (C=O) groups is 1. The molecule has 7 heteroatoms. The van der Waals surface area contributed by atoms with Crippen molar-refractivity contribution in [3.63, 3.8) is 0 Å². The molecule has 190 valence electrons. The normalized spacial score (nSPS) is 10.9. The minimum absolute atomic E-state index is 0.0738. The first kappa shape index (κ1) is 23.9. The number of aromatic carboxylic acids is 1. The zero-order valence-corrected chi connectivity index (χ0v) is 20.8. The molecule has 0 spiro atoms. The number of aromatic nitrogens is 3. The summed E-state index contributed by atoms with van der Waals surface area (Å²) in [7, 11) is 0. The molecule has 7 nitrogen and oxygen atoms in total. The molecule has 6 rings (SSSR count). The number of nitrogens with zero attached hydrogens (tertiary/aromatic N) is 3. The third kappa shape index (κ3) is 5.33. The summed E-state index contributed by atoms with van der Waals surface area (Å²) in [6, 6.07) is 38.2. The van der Waals surface area contributed by atoms with Crippen LogP contribution in [-0.4, -0.2) is 25.7 Å². The molecule has 0 radical (unpaired) electrons. The molecule has 0 aliphatic carbocycles. The van der Waals surface area contributed by atoms with Crippen molar-refractivity contribution in [1.82, 2.24) is 14.6 Å². The van der Waals surface area contributed by atoms with Crippen LogP contribution < -0.4 is 9.47 Å². The van der Waals surface area contributed by atoms with Crippen LogP contribution in [0.2, 0.25) is 0 Å². The molecule has 0 aliphatic rings. The lowest BCUT2D eigenvalue weighted by molar-refractivity contribution is 0.0690. The van der Waals surface area contributed by atoms with Crippen molar-refractivity contribution in [3.8, 4) is 39.8 Å². The molecule has 4 aromatic carbocycles. The predicted octanol–water partition coefficient (Wildman–Crippen LogP) is 7.13. The summed E-state index contributed by atoms with van der Waals surface area (Å²) in [5, 5.41) is 13.8. The monoisotopic (exact) mass is 513 g/mol. The Labute approximate surface area is 224 Å². The predicted molar refractivity (Wildman–Crippen MR) is 148 cm³/mol. The number of para-hydroxylation sites is 1. The van der Waals surface area contributed by atoms with Crippen molar-refractivity contribution >= 4 is 11.6 Å². The smallest absolute Gasteiger partial charge is 0.356 e. The van der Waals surface area contributed by atoms with Gasteiger partial charge in [-0.1, -0.05) is 48.5 Å². The van der Waals surface area contributed by atoms with E-state index in [0.29, 0.717) is 29.4 Å². The Bertz CT molecular complexity index is 1730. The van der Waals surface area contributed by atoms with Crippen molar-refractivity contribution < 1.29 is 19.4 Å². The van der Waals surface area contributed by atoms with E-state index < -0.39 is 5.97 Å². The van der Waals surface area contributed by atoms with Crippen molar-refractivity contribution in [1.29, 1.82) is 0 Å². The highest BCUT2D eigenvalue weighted by Crippen LogP contribution is 2.30. The van der Waals surface area contributed by atoms with Crippen molar-refractivity contribution in [3.05, 3.63) is 133 Å². The molecular weight excluding hydrogens is 490 g/mol. The second kappa shape index (κ2) is 10.5. The molecular formula is C32H23N3O4. The van der Waals surface area contributed by atoms with Crippen LogP contribution >= 0.6 is 0 Å². The first-order valence-corrected chi connectivity index (χ1v) is 12.4. The maximum absolute atomic E-state index is 11.7. The number of hydrogen-bond acceptors (Lipinski definition) is 5. The molecule has 1 N–H and O–H groups in total. The Morgan fingerprint density at radius 2 is 1.33 bits per heavy atom. The zero-order chi connectivity index (χ0) is 26.6. The first-order chi connectivity index (χ1) is 19.1. The number of carboxylic acids is 1. The Kier molecular flexibility index (Phi) is 6.45. The maximum atomic E-state index is 11.7. The number of ether oxygens (including phenoxy) is 2. The third-order valence-electron chi connectivity index (χ3n) is 6.17. The van der Waals surface area contributed by atoms with Gasteiger partial charge in [0, 0.05) is 17.2 Å². The van der Waals surface area contributed by atoms with E-state index in [9.17, 15) is 9.90 Å². The summed E-state index contributed by atoms with van der Waals surface area (Å²) in [6.45, 7) is 0.467. The topological polar surface area (TPSA) is 86.0 Å². The van der Waals surface area contributed by atoms with Gasteiger partial charge in [0.05, 0.1) is 11.4 Å². The fourth-order valence-electron chi connectivity index (χ4n) is 4.21. The summed E-state index contributed by atoms with van der Waals surface area (Å²) in [6.07, 6.45) is 0. The van der Waals surface area contributed by atoms with Crippen molar-refractivity contribution in [2.45, 2.75) is 6.61 Å². The van der Waals surface area contributed by atoms with E-state index in [2.05, 4.69) is 5.10 Å². The Balaban J connectivity index is 1.32. The minimum Gasteiger partial charge on any atom is -0.489 e. The Morgan fingerprint density at radius 1 is 0.718 bits per heavy atom. The standard InChI is InChI=1S/C32H23N3O4/c36-32(37)29-20-31-33-28(23-11-17-27(18-12-23)39-26-9-5-2-6-10-26)19-30(35(31)34-29)24-13-15-25(16-14-24)38-21-22-7-3-1-4-8-22/h1-20H,21H2,(H,36,37). The molecule has 0 aliphatic heterocycles. The summed E-state index contributed by atoms with van der Waals surface area (Å²) in [5.74, 6) is 1.08. The summed E-state index contributed by atoms with van der Waals surface area (Å²) in [4.78, 5) is 16.4. The second-order valence-corrected chi connectivity index (χ2v) is 8.87. The Morgan fingerprint density at radius 3 is 2.03 bits per heavy atom. The van der Waals surface area contributed by atoms with Gasteiger partial charge in [0.15, 0.2) is 11.3 Å². The first-order valence-electron chi connectivity index (χ1n) is 12.4. The number of benzene rings is 4. The lowest BCUT2D eigenvalue weighted by Crippen LogP contribution is -2.01. The Hall–Kier alpha value is -5.43. The van der Waals surface area contributed by atoms with Gasteiger partial charge in [-0.2, -0.15) is 5.10 Å². The highest BCUT2D eigenvalue weighted by Gasteiger charge is 2.16. The second-order valence-electron chi connectivity index (χ2n) is 8.87. The largest absolute Gasteiger partial charge is 0.489 e. The molecule has 0 bridgehead atoms. The van der Waals surface area contributed by atoms with Gasteiger partial charge >= 0.3 is 5.97 Å². The third-order valence-corrected chi connectivity index (χ3v) is 6.17. The number of carboxylic acid groups (broad SMARTS) is 1. The van der Waals surface area contributed by atoms with E-state index >= 15 is 0 Å². The number of fused-ring (bicyclic) bond motifs is 1. The van der Waals surface area contributed by atoms with Gasteiger partial charge in [-0.25, -0.2) is 14.3 Å². The summed E-state index contributed by atoms with van der Waals surface area (Å²) < 4.78 is 13.4. The molecule has 0 amide bonds. The molecule has 2 heterocycles. The van der Waals surface area contributed by atoms with Gasteiger partial charge in [-0.15, -0.1) is 0 Å². The van der Waals surface area contributed by atoms with E-state index in [1.807, 2.05) is 115 Å². The molecule has 0 saturated carbocycles. The van der Waals surface area contributed by atoms with E-state index in [4.69, 9.17) is 14.5 Å².